The van der Waals surface area contributed by atoms with E-state index in [1.165, 1.54) is 44.2 Å². The van der Waals surface area contributed by atoms with E-state index in [9.17, 15) is 18.0 Å². The summed E-state index contributed by atoms with van der Waals surface area (Å²) in [7, 11) is -4.35. The molecule has 0 saturated heterocycles. The topological polar surface area (TPSA) is 107 Å². The molecule has 2 aromatic carbocycles. The molecule has 0 spiro atoms. The number of esters is 2. The summed E-state index contributed by atoms with van der Waals surface area (Å²) in [6.07, 6.45) is 0. The monoisotopic (exact) mass is 347 g/mol. The third-order valence-electron chi connectivity index (χ3n) is 2.68. The van der Waals surface area contributed by atoms with Gasteiger partial charge in [0.25, 0.3) is 10.1 Å². The van der Waals surface area contributed by atoms with Crippen molar-refractivity contribution in [3.8, 4) is 11.5 Å². The van der Waals surface area contributed by atoms with Crippen molar-refractivity contribution in [1.29, 1.82) is 0 Å². The molecule has 0 aliphatic heterocycles. The third-order valence-corrected chi connectivity index (χ3v) is 3.53. The van der Waals surface area contributed by atoms with Crippen molar-refractivity contribution in [2.75, 3.05) is 0 Å². The van der Waals surface area contributed by atoms with Crippen LogP contribution in [0.2, 0.25) is 0 Å². The van der Waals surface area contributed by atoms with Crippen molar-refractivity contribution in [3.63, 3.8) is 0 Å². The zero-order chi connectivity index (χ0) is 16.5. The average Bonchev–Trinajstić information content (AvgIpc) is 2.36. The van der Waals surface area contributed by atoms with Gasteiger partial charge in [0.2, 0.25) is 0 Å². The van der Waals surface area contributed by atoms with Crippen LogP contribution in [0.25, 0.3) is 10.8 Å². The summed E-state index contributed by atoms with van der Waals surface area (Å²) >= 11 is 0. The first-order valence-corrected chi connectivity index (χ1v) is 7.53. The first-order valence-electron chi connectivity index (χ1n) is 6.09. The van der Waals surface area contributed by atoms with Gasteiger partial charge >= 0.3 is 11.9 Å². The molecule has 7 nitrogen and oxygen atoms in total. The van der Waals surface area contributed by atoms with Crippen molar-refractivity contribution >= 4 is 62.4 Å². The fourth-order valence-corrected chi connectivity index (χ4v) is 2.38. The Hall–Kier alpha value is -1.45. The molecule has 0 aliphatic rings. The van der Waals surface area contributed by atoms with Gasteiger partial charge in [-0.1, -0.05) is 6.07 Å². The summed E-state index contributed by atoms with van der Waals surface area (Å²) in [5.74, 6) is -1.21. The molecule has 117 valence electrons. The number of benzene rings is 2. The Morgan fingerprint density at radius 3 is 1.83 bits per heavy atom. The molecule has 1 N–H and O–H groups in total. The summed E-state index contributed by atoms with van der Waals surface area (Å²) in [6.45, 7) is 2.37. The van der Waals surface area contributed by atoms with Crippen LogP contribution in [0.4, 0.5) is 0 Å². The molecule has 0 aromatic heterocycles. The van der Waals surface area contributed by atoms with Crippen LogP contribution in [0.3, 0.4) is 0 Å². The zero-order valence-electron chi connectivity index (χ0n) is 12.7. The second-order valence-electron chi connectivity index (χ2n) is 4.47. The Morgan fingerprint density at radius 1 is 0.913 bits per heavy atom. The second-order valence-corrected chi connectivity index (χ2v) is 5.89. The standard InChI is InChI=1S/C14H12O7S.Na/c1-8(15)20-13-6-10-3-4-12(22(17,18)19)5-11(10)7-14(13)21-9(2)16;/h3-7H,1-2H3,(H,17,18,19);. The van der Waals surface area contributed by atoms with Gasteiger partial charge in [0.15, 0.2) is 11.5 Å². The van der Waals surface area contributed by atoms with Crippen LogP contribution in [0.15, 0.2) is 35.2 Å². The van der Waals surface area contributed by atoms with Gasteiger partial charge in [-0.25, -0.2) is 0 Å². The minimum atomic E-state index is -4.35. The molecule has 2 rings (SSSR count). The number of fused-ring (bicyclic) bond motifs is 1. The largest absolute Gasteiger partial charge is 0.423 e. The Kier molecular flexibility index (Phi) is 6.32. The van der Waals surface area contributed by atoms with Crippen LogP contribution in [-0.4, -0.2) is 54.5 Å². The normalized spacial score (nSPS) is 10.7. The van der Waals surface area contributed by atoms with E-state index in [1.807, 2.05) is 0 Å². The number of hydrogen-bond acceptors (Lipinski definition) is 6. The predicted molar refractivity (Wildman–Crippen MR) is 82.1 cm³/mol. The Morgan fingerprint density at radius 2 is 1.39 bits per heavy atom. The minimum Gasteiger partial charge on any atom is -0.423 e. The van der Waals surface area contributed by atoms with Crippen LogP contribution >= 0.6 is 0 Å². The molecule has 0 fully saturated rings. The molecular formula is C14H12NaO7S. The molecule has 0 atom stereocenters. The molecule has 0 heterocycles. The Bertz CT molecular complexity index is 874. The van der Waals surface area contributed by atoms with Gasteiger partial charge in [-0.15, -0.1) is 0 Å². The van der Waals surface area contributed by atoms with Gasteiger partial charge in [0.1, 0.15) is 0 Å². The van der Waals surface area contributed by atoms with E-state index >= 15 is 0 Å². The SMILES string of the molecule is CC(=O)Oc1cc2ccc(S(=O)(=O)O)cc2cc1OC(C)=O.[Na]. The van der Waals surface area contributed by atoms with E-state index in [2.05, 4.69) is 0 Å². The minimum absolute atomic E-state index is 0. The summed E-state index contributed by atoms with van der Waals surface area (Å²) in [4.78, 5) is 21.9. The number of ether oxygens (including phenoxy) is 2. The number of rotatable bonds is 3. The summed E-state index contributed by atoms with van der Waals surface area (Å²) in [5, 5.41) is 0.932. The zero-order valence-corrected chi connectivity index (χ0v) is 15.5. The van der Waals surface area contributed by atoms with Gasteiger partial charge in [0.05, 0.1) is 4.90 Å². The first-order chi connectivity index (χ1) is 10.2. The van der Waals surface area contributed by atoms with E-state index in [0.29, 0.717) is 10.8 Å². The molecule has 0 amide bonds. The van der Waals surface area contributed by atoms with E-state index in [0.717, 1.165) is 0 Å². The van der Waals surface area contributed by atoms with Crippen molar-refractivity contribution in [3.05, 3.63) is 30.3 Å². The fraction of sp³-hybridized carbons (Fsp3) is 0.143. The molecule has 9 heteroatoms. The third kappa shape index (κ3) is 5.02. The summed E-state index contributed by atoms with van der Waals surface area (Å²) in [6, 6.07) is 6.64. The van der Waals surface area contributed by atoms with Crippen molar-refractivity contribution in [2.24, 2.45) is 0 Å². The molecule has 2 aromatic rings. The molecule has 0 aliphatic carbocycles. The van der Waals surface area contributed by atoms with Gasteiger partial charge in [-0.05, 0) is 35.0 Å². The maximum absolute atomic E-state index is 11.2. The van der Waals surface area contributed by atoms with Crippen LogP contribution in [-0.2, 0) is 19.7 Å². The van der Waals surface area contributed by atoms with E-state index in [-0.39, 0.29) is 46.0 Å². The maximum Gasteiger partial charge on any atom is 0.308 e. The molecule has 1 radical (unpaired) electrons. The van der Waals surface area contributed by atoms with Crippen molar-refractivity contribution in [1.82, 2.24) is 0 Å². The number of carbonyl (C=O) groups is 2. The Balaban J connectivity index is 0.00000264. The molecule has 0 bridgehead atoms. The maximum atomic E-state index is 11.2. The second kappa shape index (κ2) is 7.41. The van der Waals surface area contributed by atoms with Gasteiger partial charge in [0, 0.05) is 43.4 Å². The van der Waals surface area contributed by atoms with E-state index < -0.39 is 22.1 Å². The fourth-order valence-electron chi connectivity index (χ4n) is 1.86. The van der Waals surface area contributed by atoms with Gasteiger partial charge in [-0.3, -0.25) is 14.1 Å². The molecule has 0 saturated carbocycles. The van der Waals surface area contributed by atoms with Crippen molar-refractivity contribution < 1.29 is 32.0 Å². The molecule has 23 heavy (non-hydrogen) atoms. The predicted octanol–water partition coefficient (Wildman–Crippen LogP) is 1.56. The molecule has 0 unspecified atom stereocenters. The number of hydrogen-bond donors (Lipinski definition) is 1. The first kappa shape index (κ1) is 19.6. The van der Waals surface area contributed by atoms with E-state index in [1.54, 1.807) is 0 Å². The van der Waals surface area contributed by atoms with Gasteiger partial charge in [-0.2, -0.15) is 8.42 Å². The van der Waals surface area contributed by atoms with Crippen LogP contribution in [0.1, 0.15) is 13.8 Å². The van der Waals surface area contributed by atoms with Gasteiger partial charge < -0.3 is 9.47 Å². The number of carbonyl (C=O) groups excluding carboxylic acids is 2. The van der Waals surface area contributed by atoms with Crippen LogP contribution < -0.4 is 9.47 Å². The average molecular weight is 347 g/mol. The quantitative estimate of drug-likeness (QED) is 0.388. The summed E-state index contributed by atoms with van der Waals surface area (Å²) < 4.78 is 41.3. The van der Waals surface area contributed by atoms with Crippen LogP contribution in [0, 0.1) is 0 Å². The van der Waals surface area contributed by atoms with E-state index in [4.69, 9.17) is 14.0 Å². The van der Waals surface area contributed by atoms with Crippen LogP contribution in [0.5, 0.6) is 11.5 Å². The summed E-state index contributed by atoms with van der Waals surface area (Å²) in [5.41, 5.74) is 0. The van der Waals surface area contributed by atoms with Crippen molar-refractivity contribution in [2.45, 2.75) is 18.7 Å². The smallest absolute Gasteiger partial charge is 0.308 e. The Labute approximate surface area is 154 Å². The molecular weight excluding hydrogens is 335 g/mol.